The maximum Gasteiger partial charge on any atom is 0.220 e. The Morgan fingerprint density at radius 2 is 1.80 bits per heavy atom. The molecular formula is C17H28N2O. The fraction of sp³-hybridized carbons (Fsp3) is 0.588. The van der Waals surface area contributed by atoms with Gasteiger partial charge in [-0.3, -0.25) is 4.79 Å². The van der Waals surface area contributed by atoms with Crippen LogP contribution in [0.4, 0.5) is 0 Å². The SMILES string of the molecule is CC(C)NCCCC(=O)NCCC(C)c1ccccc1. The third-order valence-electron chi connectivity index (χ3n) is 3.40. The van der Waals surface area contributed by atoms with Crippen LogP contribution < -0.4 is 10.6 Å². The summed E-state index contributed by atoms with van der Waals surface area (Å²) in [5.41, 5.74) is 1.34. The molecule has 0 spiro atoms. The molecule has 0 aliphatic carbocycles. The third kappa shape index (κ3) is 7.29. The number of rotatable bonds is 9. The number of hydrogen-bond acceptors (Lipinski definition) is 2. The molecule has 2 N–H and O–H groups in total. The van der Waals surface area contributed by atoms with Gasteiger partial charge in [-0.05, 0) is 30.9 Å². The standard InChI is InChI=1S/C17H28N2O/c1-14(2)18-12-7-10-17(20)19-13-11-15(3)16-8-5-4-6-9-16/h4-6,8-9,14-15,18H,7,10-13H2,1-3H3,(H,19,20). The topological polar surface area (TPSA) is 41.1 Å². The van der Waals surface area contributed by atoms with Crippen LogP contribution in [0.1, 0.15) is 51.5 Å². The van der Waals surface area contributed by atoms with E-state index < -0.39 is 0 Å². The smallest absolute Gasteiger partial charge is 0.220 e. The molecule has 0 aliphatic heterocycles. The first-order valence-electron chi connectivity index (χ1n) is 7.64. The van der Waals surface area contributed by atoms with Crippen molar-refractivity contribution in [2.45, 2.75) is 52.0 Å². The largest absolute Gasteiger partial charge is 0.356 e. The van der Waals surface area contributed by atoms with Gasteiger partial charge in [-0.15, -0.1) is 0 Å². The lowest BCUT2D eigenvalue weighted by atomic mass is 9.98. The molecule has 1 aromatic rings. The molecule has 0 saturated carbocycles. The summed E-state index contributed by atoms with van der Waals surface area (Å²) < 4.78 is 0. The summed E-state index contributed by atoms with van der Waals surface area (Å²) in [7, 11) is 0. The molecule has 0 radical (unpaired) electrons. The minimum Gasteiger partial charge on any atom is -0.356 e. The van der Waals surface area contributed by atoms with Crippen LogP contribution in [0.25, 0.3) is 0 Å². The lowest BCUT2D eigenvalue weighted by Crippen LogP contribution is -2.28. The van der Waals surface area contributed by atoms with E-state index in [1.807, 2.05) is 6.07 Å². The van der Waals surface area contributed by atoms with E-state index >= 15 is 0 Å². The van der Waals surface area contributed by atoms with E-state index in [9.17, 15) is 4.79 Å². The molecule has 0 fully saturated rings. The van der Waals surface area contributed by atoms with Gasteiger partial charge in [0, 0.05) is 19.0 Å². The van der Waals surface area contributed by atoms with Crippen LogP contribution in [0, 0.1) is 0 Å². The molecule has 112 valence electrons. The van der Waals surface area contributed by atoms with E-state index in [-0.39, 0.29) is 5.91 Å². The van der Waals surface area contributed by atoms with Gasteiger partial charge in [0.25, 0.3) is 0 Å². The van der Waals surface area contributed by atoms with Crippen LogP contribution in [0.15, 0.2) is 30.3 Å². The maximum absolute atomic E-state index is 11.7. The molecule has 1 atom stereocenters. The molecule has 3 nitrogen and oxygen atoms in total. The van der Waals surface area contributed by atoms with Gasteiger partial charge in [-0.25, -0.2) is 0 Å². The number of carbonyl (C=O) groups is 1. The molecule has 0 aromatic heterocycles. The Kier molecular flexibility index (Phi) is 7.97. The molecule has 0 heterocycles. The first-order valence-corrected chi connectivity index (χ1v) is 7.64. The van der Waals surface area contributed by atoms with Gasteiger partial charge in [0.1, 0.15) is 0 Å². The third-order valence-corrected chi connectivity index (χ3v) is 3.40. The van der Waals surface area contributed by atoms with Gasteiger partial charge in [-0.1, -0.05) is 51.1 Å². The number of nitrogens with one attached hydrogen (secondary N) is 2. The lowest BCUT2D eigenvalue weighted by Gasteiger charge is -2.12. The molecule has 0 saturated heterocycles. The van der Waals surface area contributed by atoms with Crippen molar-refractivity contribution >= 4 is 5.91 Å². The molecule has 20 heavy (non-hydrogen) atoms. The zero-order chi connectivity index (χ0) is 14.8. The summed E-state index contributed by atoms with van der Waals surface area (Å²) in [6, 6.07) is 10.9. The number of hydrogen-bond donors (Lipinski definition) is 2. The van der Waals surface area contributed by atoms with Crippen LogP contribution in [0.3, 0.4) is 0 Å². The van der Waals surface area contributed by atoms with Gasteiger partial charge in [0.05, 0.1) is 0 Å². The number of amides is 1. The lowest BCUT2D eigenvalue weighted by molar-refractivity contribution is -0.121. The number of carbonyl (C=O) groups excluding carboxylic acids is 1. The minimum atomic E-state index is 0.163. The van der Waals surface area contributed by atoms with Crippen molar-refractivity contribution in [1.29, 1.82) is 0 Å². The quantitative estimate of drug-likeness (QED) is 0.681. The number of benzene rings is 1. The van der Waals surface area contributed by atoms with E-state index in [0.717, 1.165) is 25.9 Å². The molecule has 3 heteroatoms. The van der Waals surface area contributed by atoms with Gasteiger partial charge in [-0.2, -0.15) is 0 Å². The van der Waals surface area contributed by atoms with Gasteiger partial charge < -0.3 is 10.6 Å². The minimum absolute atomic E-state index is 0.163. The van der Waals surface area contributed by atoms with Crippen molar-refractivity contribution in [3.8, 4) is 0 Å². The first kappa shape index (κ1) is 16.7. The Morgan fingerprint density at radius 1 is 1.10 bits per heavy atom. The second-order valence-electron chi connectivity index (χ2n) is 5.66. The van der Waals surface area contributed by atoms with Crippen LogP contribution >= 0.6 is 0 Å². The predicted octanol–water partition coefficient (Wildman–Crippen LogP) is 3.07. The molecule has 1 amide bonds. The normalized spacial score (nSPS) is 12.4. The van der Waals surface area contributed by atoms with Crippen LogP contribution in [-0.2, 0) is 4.79 Å². The van der Waals surface area contributed by atoms with Gasteiger partial charge >= 0.3 is 0 Å². The van der Waals surface area contributed by atoms with E-state index in [2.05, 4.69) is 55.7 Å². The van der Waals surface area contributed by atoms with Crippen molar-refractivity contribution in [1.82, 2.24) is 10.6 Å². The maximum atomic E-state index is 11.7. The second-order valence-corrected chi connectivity index (χ2v) is 5.66. The van der Waals surface area contributed by atoms with Crippen molar-refractivity contribution in [2.24, 2.45) is 0 Å². The van der Waals surface area contributed by atoms with E-state index in [1.165, 1.54) is 5.56 Å². The Labute approximate surface area is 123 Å². The van der Waals surface area contributed by atoms with Crippen molar-refractivity contribution in [2.75, 3.05) is 13.1 Å². The Balaban J connectivity index is 2.10. The first-order chi connectivity index (χ1) is 9.59. The molecule has 0 aliphatic rings. The fourth-order valence-corrected chi connectivity index (χ4v) is 2.10. The Hall–Kier alpha value is -1.35. The molecular weight excluding hydrogens is 248 g/mol. The molecule has 1 aromatic carbocycles. The van der Waals surface area contributed by atoms with E-state index in [0.29, 0.717) is 18.4 Å². The van der Waals surface area contributed by atoms with Gasteiger partial charge in [0.15, 0.2) is 0 Å². The average molecular weight is 276 g/mol. The van der Waals surface area contributed by atoms with Crippen LogP contribution in [-0.4, -0.2) is 25.0 Å². The van der Waals surface area contributed by atoms with Crippen LogP contribution in [0.5, 0.6) is 0 Å². The van der Waals surface area contributed by atoms with E-state index in [4.69, 9.17) is 0 Å². The summed E-state index contributed by atoms with van der Waals surface area (Å²) in [5.74, 6) is 0.648. The summed E-state index contributed by atoms with van der Waals surface area (Å²) in [4.78, 5) is 11.7. The summed E-state index contributed by atoms with van der Waals surface area (Å²) in [5, 5.41) is 6.32. The van der Waals surface area contributed by atoms with E-state index in [1.54, 1.807) is 0 Å². The highest BCUT2D eigenvalue weighted by atomic mass is 16.1. The summed E-state index contributed by atoms with van der Waals surface area (Å²) >= 11 is 0. The zero-order valence-electron chi connectivity index (χ0n) is 13.0. The predicted molar refractivity (Wildman–Crippen MR) is 84.9 cm³/mol. The summed E-state index contributed by atoms with van der Waals surface area (Å²) in [6.07, 6.45) is 2.50. The van der Waals surface area contributed by atoms with Crippen LogP contribution in [0.2, 0.25) is 0 Å². The Bertz CT molecular complexity index is 376. The highest BCUT2D eigenvalue weighted by molar-refractivity contribution is 5.75. The summed E-state index contributed by atoms with van der Waals surface area (Å²) in [6.45, 7) is 8.10. The highest BCUT2D eigenvalue weighted by Gasteiger charge is 2.06. The monoisotopic (exact) mass is 276 g/mol. The highest BCUT2D eigenvalue weighted by Crippen LogP contribution is 2.17. The fourth-order valence-electron chi connectivity index (χ4n) is 2.10. The molecule has 1 unspecified atom stereocenters. The molecule has 0 bridgehead atoms. The van der Waals surface area contributed by atoms with Crippen molar-refractivity contribution in [3.05, 3.63) is 35.9 Å². The van der Waals surface area contributed by atoms with Gasteiger partial charge in [0.2, 0.25) is 5.91 Å². The van der Waals surface area contributed by atoms with Crippen molar-refractivity contribution in [3.63, 3.8) is 0 Å². The second kappa shape index (κ2) is 9.54. The van der Waals surface area contributed by atoms with Crippen molar-refractivity contribution < 1.29 is 4.79 Å². The Morgan fingerprint density at radius 3 is 2.45 bits per heavy atom. The zero-order valence-corrected chi connectivity index (χ0v) is 13.0. The molecule has 1 rings (SSSR count). The average Bonchev–Trinajstić information content (AvgIpc) is 2.44.